The van der Waals surface area contributed by atoms with Gasteiger partial charge < -0.3 is 15.2 Å². The zero-order chi connectivity index (χ0) is 15.4. The Hall–Kier alpha value is -2.08. The molecule has 2 rings (SSSR count). The van der Waals surface area contributed by atoms with Crippen LogP contribution in [0.15, 0.2) is 18.2 Å². The quantitative estimate of drug-likeness (QED) is 0.888. The molecule has 114 valence electrons. The van der Waals surface area contributed by atoms with Gasteiger partial charge in [-0.2, -0.15) is 0 Å². The number of carboxylic acids is 1. The molecule has 1 heterocycles. The topological polar surface area (TPSA) is 78.9 Å². The van der Waals surface area contributed by atoms with Crippen molar-refractivity contribution in [3.05, 3.63) is 29.3 Å². The number of aromatic carboxylic acids is 1. The number of hydrogen-bond acceptors (Lipinski definition) is 3. The Labute approximate surface area is 123 Å². The number of methoxy groups -OCH3 is 1. The van der Waals surface area contributed by atoms with Crippen molar-refractivity contribution in [1.29, 1.82) is 0 Å². The molecule has 1 aromatic rings. The minimum atomic E-state index is -0.957. The maximum atomic E-state index is 12.3. The lowest BCUT2D eigenvalue weighted by atomic mass is 9.96. The van der Waals surface area contributed by atoms with E-state index >= 15 is 0 Å². The normalized spacial score (nSPS) is 15.2. The van der Waals surface area contributed by atoms with Gasteiger partial charge in [-0.25, -0.2) is 9.59 Å². The Kier molecular flexibility index (Phi) is 4.80. The maximum Gasteiger partial charge on any atom is 0.336 e. The third-order valence-corrected chi connectivity index (χ3v) is 3.51. The molecule has 2 amide bonds. The van der Waals surface area contributed by atoms with Crippen molar-refractivity contribution >= 4 is 17.7 Å². The van der Waals surface area contributed by atoms with Crippen molar-refractivity contribution in [3.8, 4) is 0 Å². The maximum absolute atomic E-state index is 12.3. The van der Waals surface area contributed by atoms with Crippen LogP contribution in [-0.2, 0) is 11.2 Å². The zero-order valence-electron chi connectivity index (χ0n) is 12.3. The number of fused-ring (bicyclic) bond motifs is 1. The van der Waals surface area contributed by atoms with Crippen LogP contribution in [0.1, 0.15) is 29.3 Å². The Bertz CT molecular complexity index is 544. The molecule has 21 heavy (non-hydrogen) atoms. The van der Waals surface area contributed by atoms with Crippen molar-refractivity contribution < 1.29 is 19.4 Å². The van der Waals surface area contributed by atoms with Crippen molar-refractivity contribution in [1.82, 2.24) is 5.32 Å². The Morgan fingerprint density at radius 3 is 2.90 bits per heavy atom. The van der Waals surface area contributed by atoms with Crippen molar-refractivity contribution in [2.75, 3.05) is 25.2 Å². The molecule has 2 N–H and O–H groups in total. The van der Waals surface area contributed by atoms with Gasteiger partial charge in [0.05, 0.1) is 18.2 Å². The number of carbonyl (C=O) groups excluding carboxylic acids is 1. The van der Waals surface area contributed by atoms with Crippen LogP contribution >= 0.6 is 0 Å². The molecule has 0 spiro atoms. The summed E-state index contributed by atoms with van der Waals surface area (Å²) in [6.07, 6.45) is 1.43. The summed E-state index contributed by atoms with van der Waals surface area (Å²) in [5.74, 6) is -0.957. The standard InChI is InChI=1S/C15H20N2O4/c1-10(9-21-2)16-15(20)17-8-4-6-11-12(14(18)19)5-3-7-13(11)17/h3,5,7,10H,4,6,8-9H2,1-2H3,(H,16,20)(H,18,19). The third kappa shape index (κ3) is 3.33. The highest BCUT2D eigenvalue weighted by atomic mass is 16.5. The Balaban J connectivity index is 2.24. The Morgan fingerprint density at radius 1 is 1.48 bits per heavy atom. The zero-order valence-corrected chi connectivity index (χ0v) is 12.3. The van der Waals surface area contributed by atoms with Gasteiger partial charge in [0, 0.05) is 19.3 Å². The minimum absolute atomic E-state index is 0.101. The predicted molar refractivity (Wildman–Crippen MR) is 78.9 cm³/mol. The van der Waals surface area contributed by atoms with Gasteiger partial charge in [0.25, 0.3) is 0 Å². The number of hydrogen-bond donors (Lipinski definition) is 2. The van der Waals surface area contributed by atoms with Crippen molar-refractivity contribution in [2.45, 2.75) is 25.8 Å². The van der Waals surface area contributed by atoms with E-state index in [-0.39, 0.29) is 17.6 Å². The SMILES string of the molecule is COCC(C)NC(=O)N1CCCc2c(C(=O)O)cccc21. The molecule has 1 aromatic carbocycles. The minimum Gasteiger partial charge on any atom is -0.478 e. The number of urea groups is 1. The molecular weight excluding hydrogens is 272 g/mol. The summed E-state index contributed by atoms with van der Waals surface area (Å²) >= 11 is 0. The average Bonchev–Trinajstić information content (AvgIpc) is 2.45. The number of carboxylic acid groups (broad SMARTS) is 1. The molecule has 0 saturated carbocycles. The lowest BCUT2D eigenvalue weighted by Gasteiger charge is -2.31. The number of amides is 2. The summed E-state index contributed by atoms with van der Waals surface area (Å²) < 4.78 is 5.00. The van der Waals surface area contributed by atoms with Gasteiger partial charge in [0.15, 0.2) is 0 Å². The van der Waals surface area contributed by atoms with Crippen LogP contribution < -0.4 is 10.2 Å². The molecule has 1 atom stereocenters. The van der Waals surface area contributed by atoms with Crippen LogP contribution in [0.2, 0.25) is 0 Å². The highest BCUT2D eigenvalue weighted by Crippen LogP contribution is 2.30. The number of nitrogens with zero attached hydrogens (tertiary/aromatic N) is 1. The van der Waals surface area contributed by atoms with Gasteiger partial charge >= 0.3 is 12.0 Å². The highest BCUT2D eigenvalue weighted by Gasteiger charge is 2.26. The molecule has 1 unspecified atom stereocenters. The number of carbonyl (C=O) groups is 2. The first-order chi connectivity index (χ1) is 10.0. The molecular formula is C15H20N2O4. The second kappa shape index (κ2) is 6.58. The molecule has 0 aromatic heterocycles. The van der Waals surface area contributed by atoms with Crippen LogP contribution in [0.3, 0.4) is 0 Å². The summed E-state index contributed by atoms with van der Waals surface area (Å²) in [6, 6.07) is 4.72. The number of anilines is 1. The van der Waals surface area contributed by atoms with Crippen LogP contribution in [0.4, 0.5) is 10.5 Å². The van der Waals surface area contributed by atoms with Gasteiger partial charge in [-0.15, -0.1) is 0 Å². The van der Waals surface area contributed by atoms with Crippen molar-refractivity contribution in [3.63, 3.8) is 0 Å². The van der Waals surface area contributed by atoms with E-state index in [4.69, 9.17) is 4.74 Å². The highest BCUT2D eigenvalue weighted by molar-refractivity contribution is 5.97. The first-order valence-corrected chi connectivity index (χ1v) is 6.96. The summed E-state index contributed by atoms with van der Waals surface area (Å²) in [4.78, 5) is 25.2. The molecule has 0 saturated heterocycles. The predicted octanol–water partition coefficient (Wildman–Crippen LogP) is 1.88. The molecule has 0 radical (unpaired) electrons. The summed E-state index contributed by atoms with van der Waals surface area (Å²) in [5, 5.41) is 12.1. The van der Waals surface area contributed by atoms with Crippen LogP contribution in [0.25, 0.3) is 0 Å². The number of nitrogens with one attached hydrogen (secondary N) is 1. The lowest BCUT2D eigenvalue weighted by Crippen LogP contribution is -2.47. The van der Waals surface area contributed by atoms with E-state index in [2.05, 4.69) is 5.32 Å². The van der Waals surface area contributed by atoms with E-state index in [9.17, 15) is 14.7 Å². The second-order valence-electron chi connectivity index (χ2n) is 5.17. The van der Waals surface area contributed by atoms with E-state index in [0.29, 0.717) is 25.3 Å². The number of ether oxygens (including phenoxy) is 1. The fraction of sp³-hybridized carbons (Fsp3) is 0.467. The van der Waals surface area contributed by atoms with Gasteiger partial charge in [-0.3, -0.25) is 4.90 Å². The molecule has 1 aliphatic heterocycles. The average molecular weight is 292 g/mol. The monoisotopic (exact) mass is 292 g/mol. The van der Waals surface area contributed by atoms with Crippen LogP contribution in [0.5, 0.6) is 0 Å². The van der Waals surface area contributed by atoms with E-state index < -0.39 is 5.97 Å². The molecule has 1 aliphatic rings. The largest absolute Gasteiger partial charge is 0.478 e. The summed E-state index contributed by atoms with van der Waals surface area (Å²) in [6.45, 7) is 2.88. The molecule has 0 bridgehead atoms. The van der Waals surface area contributed by atoms with E-state index in [1.165, 1.54) is 0 Å². The number of rotatable bonds is 4. The van der Waals surface area contributed by atoms with Gasteiger partial charge in [-0.1, -0.05) is 6.07 Å². The molecule has 6 heteroatoms. The lowest BCUT2D eigenvalue weighted by molar-refractivity contribution is 0.0695. The van der Waals surface area contributed by atoms with Crippen LogP contribution in [-0.4, -0.2) is 43.4 Å². The van der Waals surface area contributed by atoms with E-state index in [1.807, 2.05) is 6.92 Å². The summed E-state index contributed by atoms with van der Waals surface area (Å²) in [5.41, 5.74) is 1.68. The second-order valence-corrected chi connectivity index (χ2v) is 5.17. The first-order valence-electron chi connectivity index (χ1n) is 6.96. The van der Waals surface area contributed by atoms with E-state index in [0.717, 1.165) is 12.0 Å². The molecule has 6 nitrogen and oxygen atoms in total. The van der Waals surface area contributed by atoms with E-state index in [1.54, 1.807) is 30.2 Å². The van der Waals surface area contributed by atoms with Gasteiger partial charge in [0.2, 0.25) is 0 Å². The van der Waals surface area contributed by atoms with Crippen LogP contribution in [0, 0.1) is 0 Å². The number of benzene rings is 1. The summed E-state index contributed by atoms with van der Waals surface area (Å²) in [7, 11) is 1.58. The third-order valence-electron chi connectivity index (χ3n) is 3.51. The molecule has 0 fully saturated rings. The Morgan fingerprint density at radius 2 is 2.24 bits per heavy atom. The fourth-order valence-corrected chi connectivity index (χ4v) is 2.62. The molecule has 0 aliphatic carbocycles. The van der Waals surface area contributed by atoms with Crippen molar-refractivity contribution in [2.24, 2.45) is 0 Å². The van der Waals surface area contributed by atoms with Gasteiger partial charge in [0.1, 0.15) is 0 Å². The van der Waals surface area contributed by atoms with Gasteiger partial charge in [-0.05, 0) is 37.5 Å². The first kappa shape index (κ1) is 15.3. The fourth-order valence-electron chi connectivity index (χ4n) is 2.62. The smallest absolute Gasteiger partial charge is 0.336 e.